The quantitative estimate of drug-likeness (QED) is 0.420. The third-order valence-corrected chi connectivity index (χ3v) is 1.65. The fourth-order valence-corrected chi connectivity index (χ4v) is 0.951. The molecule has 1 rings (SSSR count). The van der Waals surface area contributed by atoms with Crippen molar-refractivity contribution in [3.63, 3.8) is 0 Å². The second-order valence-corrected chi connectivity index (χ2v) is 2.95. The van der Waals surface area contributed by atoms with E-state index >= 15 is 0 Å². The Labute approximate surface area is 84.3 Å². The summed E-state index contributed by atoms with van der Waals surface area (Å²) in [5, 5.41) is 3.81. The molecule has 0 aliphatic rings. The summed E-state index contributed by atoms with van der Waals surface area (Å²) < 4.78 is 5.11. The molecule has 0 bridgehead atoms. The number of benzene rings is 1. The van der Waals surface area contributed by atoms with Gasteiger partial charge in [0.25, 0.3) is 0 Å². The minimum Gasteiger partial charge on any atom is -0.479 e. The third kappa shape index (κ3) is 3.47. The second kappa shape index (κ2) is 5.27. The first-order chi connectivity index (χ1) is 6.72. The normalized spacial score (nSPS) is 11.2. The Morgan fingerprint density at radius 1 is 1.29 bits per heavy atom. The highest BCUT2D eigenvalue weighted by atomic mass is 16.6. The summed E-state index contributed by atoms with van der Waals surface area (Å²) in [6.07, 6.45) is 0. The van der Waals surface area contributed by atoms with E-state index in [1.54, 1.807) is 6.92 Å². The van der Waals surface area contributed by atoms with Crippen molar-refractivity contribution in [3.05, 3.63) is 29.8 Å². The summed E-state index contributed by atoms with van der Waals surface area (Å²) >= 11 is 0. The van der Waals surface area contributed by atoms with E-state index < -0.39 is 0 Å². The molecule has 0 aromatic heterocycles. The van der Waals surface area contributed by atoms with Crippen molar-refractivity contribution in [3.8, 4) is 5.75 Å². The van der Waals surface area contributed by atoms with E-state index in [1.165, 1.54) is 5.56 Å². The summed E-state index contributed by atoms with van der Waals surface area (Å²) in [7, 11) is 0. The minimum atomic E-state index is 0.535. The van der Waals surface area contributed by atoms with Crippen LogP contribution in [0.1, 0.15) is 19.4 Å². The van der Waals surface area contributed by atoms with Crippen molar-refractivity contribution in [1.29, 1.82) is 0 Å². The number of oxime groups is 1. The van der Waals surface area contributed by atoms with Crippen molar-refractivity contribution in [2.75, 3.05) is 6.61 Å². The molecule has 0 unspecified atom stereocenters. The van der Waals surface area contributed by atoms with Gasteiger partial charge < -0.3 is 9.57 Å². The van der Waals surface area contributed by atoms with Gasteiger partial charge in [-0.25, -0.2) is 0 Å². The van der Waals surface area contributed by atoms with Crippen molar-refractivity contribution in [2.24, 2.45) is 5.16 Å². The standard InChI is InChI=1S/C11H15NO2/c1-4-13-10(3)12-14-11-7-5-9(2)6-8-11/h5-8H,4H2,1-3H3/b12-10+. The Bertz CT molecular complexity index is 304. The molecule has 0 atom stereocenters. The number of nitrogens with zero attached hydrogens (tertiary/aromatic N) is 1. The molecule has 0 amide bonds. The monoisotopic (exact) mass is 193 g/mol. The number of hydrogen-bond donors (Lipinski definition) is 0. The van der Waals surface area contributed by atoms with Crippen molar-refractivity contribution < 1.29 is 9.57 Å². The van der Waals surface area contributed by atoms with E-state index in [1.807, 2.05) is 38.1 Å². The summed E-state index contributed by atoms with van der Waals surface area (Å²) in [5.74, 6) is 1.25. The lowest BCUT2D eigenvalue weighted by Crippen LogP contribution is -2.00. The Morgan fingerprint density at radius 2 is 1.93 bits per heavy atom. The molecule has 3 nitrogen and oxygen atoms in total. The van der Waals surface area contributed by atoms with E-state index in [0.29, 0.717) is 12.5 Å². The molecule has 0 heterocycles. The van der Waals surface area contributed by atoms with Gasteiger partial charge in [-0.1, -0.05) is 17.7 Å². The van der Waals surface area contributed by atoms with Gasteiger partial charge >= 0.3 is 0 Å². The smallest absolute Gasteiger partial charge is 0.223 e. The summed E-state index contributed by atoms with van der Waals surface area (Å²) in [5.41, 5.74) is 1.20. The fourth-order valence-electron chi connectivity index (χ4n) is 0.951. The minimum absolute atomic E-state index is 0.535. The topological polar surface area (TPSA) is 30.8 Å². The van der Waals surface area contributed by atoms with Crippen LogP contribution in [0.2, 0.25) is 0 Å². The highest BCUT2D eigenvalue weighted by Crippen LogP contribution is 2.11. The molecule has 1 aromatic rings. The van der Waals surface area contributed by atoms with Gasteiger partial charge in [-0.05, 0) is 31.1 Å². The Hall–Kier alpha value is -1.51. The highest BCUT2D eigenvalue weighted by molar-refractivity contribution is 5.72. The van der Waals surface area contributed by atoms with Gasteiger partial charge in [-0.2, -0.15) is 0 Å². The molecular weight excluding hydrogens is 178 g/mol. The number of hydrogen-bond acceptors (Lipinski definition) is 3. The van der Waals surface area contributed by atoms with Gasteiger partial charge in [-0.3, -0.25) is 0 Å². The first-order valence-corrected chi connectivity index (χ1v) is 4.63. The Balaban J connectivity index is 2.53. The number of rotatable bonds is 3. The zero-order chi connectivity index (χ0) is 10.4. The molecule has 1 aromatic carbocycles. The first kappa shape index (κ1) is 10.6. The maximum atomic E-state index is 5.14. The van der Waals surface area contributed by atoms with Crippen molar-refractivity contribution in [1.82, 2.24) is 0 Å². The molecule has 76 valence electrons. The molecule has 0 aliphatic heterocycles. The maximum Gasteiger partial charge on any atom is 0.223 e. The predicted molar refractivity (Wildman–Crippen MR) is 56.5 cm³/mol. The summed E-state index contributed by atoms with van der Waals surface area (Å²) in [4.78, 5) is 5.14. The van der Waals surface area contributed by atoms with Crippen LogP contribution in [0.5, 0.6) is 5.75 Å². The Morgan fingerprint density at radius 3 is 2.50 bits per heavy atom. The van der Waals surface area contributed by atoms with Gasteiger partial charge in [-0.15, -0.1) is 0 Å². The fraction of sp³-hybridized carbons (Fsp3) is 0.364. The molecule has 0 saturated carbocycles. The molecule has 0 aliphatic carbocycles. The van der Waals surface area contributed by atoms with E-state index in [9.17, 15) is 0 Å². The van der Waals surface area contributed by atoms with Gasteiger partial charge in [0, 0.05) is 6.92 Å². The van der Waals surface area contributed by atoms with Gasteiger partial charge in [0.2, 0.25) is 5.90 Å². The molecule has 14 heavy (non-hydrogen) atoms. The molecule has 0 N–H and O–H groups in total. The van der Waals surface area contributed by atoms with E-state index in [0.717, 1.165) is 5.75 Å². The van der Waals surface area contributed by atoms with Crippen LogP contribution in [0.15, 0.2) is 29.4 Å². The first-order valence-electron chi connectivity index (χ1n) is 4.63. The third-order valence-electron chi connectivity index (χ3n) is 1.65. The van der Waals surface area contributed by atoms with Crippen LogP contribution in [0.3, 0.4) is 0 Å². The van der Waals surface area contributed by atoms with Crippen LogP contribution in [-0.4, -0.2) is 12.5 Å². The molecular formula is C11H15NO2. The number of ether oxygens (including phenoxy) is 1. The number of aryl methyl sites for hydroxylation is 1. The van der Waals surface area contributed by atoms with Crippen molar-refractivity contribution >= 4 is 5.90 Å². The van der Waals surface area contributed by atoms with E-state index in [4.69, 9.17) is 9.57 Å². The van der Waals surface area contributed by atoms with E-state index in [-0.39, 0.29) is 0 Å². The van der Waals surface area contributed by atoms with E-state index in [2.05, 4.69) is 5.16 Å². The van der Waals surface area contributed by atoms with Crippen molar-refractivity contribution in [2.45, 2.75) is 20.8 Å². The van der Waals surface area contributed by atoms with Crippen LogP contribution in [0.25, 0.3) is 0 Å². The molecule has 0 saturated heterocycles. The second-order valence-electron chi connectivity index (χ2n) is 2.95. The van der Waals surface area contributed by atoms with Gasteiger partial charge in [0.1, 0.15) is 0 Å². The lowest BCUT2D eigenvalue weighted by molar-refractivity contribution is 0.276. The molecule has 0 fully saturated rings. The van der Waals surface area contributed by atoms with Crippen LogP contribution in [-0.2, 0) is 4.74 Å². The lowest BCUT2D eigenvalue weighted by Gasteiger charge is -2.02. The largest absolute Gasteiger partial charge is 0.479 e. The maximum absolute atomic E-state index is 5.14. The highest BCUT2D eigenvalue weighted by Gasteiger charge is 1.93. The van der Waals surface area contributed by atoms with Crippen LogP contribution in [0, 0.1) is 6.92 Å². The average molecular weight is 193 g/mol. The molecule has 3 heteroatoms. The SMILES string of the molecule is CCO/C(C)=N/Oc1ccc(C)cc1. The van der Waals surface area contributed by atoms with Gasteiger partial charge in [0.05, 0.1) is 6.61 Å². The predicted octanol–water partition coefficient (Wildman–Crippen LogP) is 2.74. The molecule has 0 radical (unpaired) electrons. The summed E-state index contributed by atoms with van der Waals surface area (Å²) in [6.45, 7) is 6.30. The zero-order valence-corrected chi connectivity index (χ0v) is 8.78. The Kier molecular flexibility index (Phi) is 3.98. The zero-order valence-electron chi connectivity index (χ0n) is 8.78. The molecule has 0 spiro atoms. The lowest BCUT2D eigenvalue weighted by atomic mass is 10.2. The van der Waals surface area contributed by atoms with Crippen LogP contribution in [0.4, 0.5) is 0 Å². The van der Waals surface area contributed by atoms with Crippen LogP contribution >= 0.6 is 0 Å². The van der Waals surface area contributed by atoms with Crippen LogP contribution < -0.4 is 4.84 Å². The summed E-state index contributed by atoms with van der Waals surface area (Å²) in [6, 6.07) is 7.69. The van der Waals surface area contributed by atoms with Gasteiger partial charge in [0.15, 0.2) is 5.75 Å². The average Bonchev–Trinajstić information content (AvgIpc) is 2.17.